The average molecular weight is 580 g/mol. The van der Waals surface area contributed by atoms with Gasteiger partial charge in [0.25, 0.3) is 0 Å². The largest absolute Gasteiger partial charge is 0.487 e. The second-order valence-corrected chi connectivity index (χ2v) is 13.3. The smallest absolute Gasteiger partial charge is 0.305 e. The van der Waals surface area contributed by atoms with Crippen molar-refractivity contribution in [1.82, 2.24) is 4.90 Å². The van der Waals surface area contributed by atoms with E-state index in [9.17, 15) is 23.9 Å². The van der Waals surface area contributed by atoms with E-state index in [1.807, 2.05) is 38.7 Å². The van der Waals surface area contributed by atoms with Crippen LogP contribution < -0.4 is 4.74 Å². The van der Waals surface area contributed by atoms with E-state index >= 15 is 0 Å². The maximum absolute atomic E-state index is 13.8. The summed E-state index contributed by atoms with van der Waals surface area (Å²) < 4.78 is 19.5. The fourth-order valence-corrected chi connectivity index (χ4v) is 6.70. The topological polar surface area (TPSA) is 83.9 Å². The van der Waals surface area contributed by atoms with Crippen LogP contribution in [0.1, 0.15) is 76.8 Å². The van der Waals surface area contributed by atoms with Crippen molar-refractivity contribution in [2.75, 3.05) is 6.54 Å². The Labute approximate surface area is 244 Å². The van der Waals surface area contributed by atoms with Gasteiger partial charge in [-0.05, 0) is 59.1 Å². The van der Waals surface area contributed by atoms with Gasteiger partial charge in [0.2, 0.25) is 0 Å². The van der Waals surface area contributed by atoms with Crippen LogP contribution in [0.15, 0.2) is 65.0 Å². The lowest BCUT2D eigenvalue weighted by Gasteiger charge is -2.49. The van der Waals surface area contributed by atoms with Crippen molar-refractivity contribution in [2.45, 2.75) is 72.3 Å². The Morgan fingerprint density at radius 2 is 1.59 bits per heavy atom. The van der Waals surface area contributed by atoms with Crippen LogP contribution in [-0.4, -0.2) is 34.1 Å². The minimum atomic E-state index is -0.931. The highest BCUT2D eigenvalue weighted by Gasteiger charge is 2.49. The van der Waals surface area contributed by atoms with E-state index in [0.717, 1.165) is 11.4 Å². The van der Waals surface area contributed by atoms with Crippen LogP contribution in [0.3, 0.4) is 0 Å². The standard InChI is InChI=1S/C33H35ClFNO5/c1-32(2)14-23-30(25(37)16-32)29(31-24(36(23)11-10-28(39)40)15-33(3,4)17-26(31)38)20-8-9-27(22(34)13-20)41-18-19-6-5-7-21(35)12-19/h5-9,12-13,29H,10-11,14-18H2,1-4H3,(H,39,40). The minimum Gasteiger partial charge on any atom is -0.487 e. The lowest BCUT2D eigenvalue weighted by atomic mass is 9.63. The van der Waals surface area contributed by atoms with Gasteiger partial charge >= 0.3 is 5.97 Å². The second-order valence-electron chi connectivity index (χ2n) is 12.9. The number of hydrogen-bond donors (Lipinski definition) is 1. The number of benzene rings is 2. The van der Waals surface area contributed by atoms with Crippen molar-refractivity contribution in [3.05, 3.63) is 87.0 Å². The molecule has 6 nitrogen and oxygen atoms in total. The molecular formula is C33H35ClFNO5. The molecule has 0 amide bonds. The molecule has 8 heteroatoms. The third-order valence-electron chi connectivity index (χ3n) is 8.14. The molecule has 216 valence electrons. The first-order valence-corrected chi connectivity index (χ1v) is 14.3. The quantitative estimate of drug-likeness (QED) is 0.373. The van der Waals surface area contributed by atoms with Crippen LogP contribution in [0.4, 0.5) is 4.39 Å². The summed E-state index contributed by atoms with van der Waals surface area (Å²) >= 11 is 6.70. The molecule has 2 aromatic rings. The van der Waals surface area contributed by atoms with Crippen LogP contribution in [0.5, 0.6) is 5.75 Å². The Morgan fingerprint density at radius 3 is 2.12 bits per heavy atom. The van der Waals surface area contributed by atoms with Gasteiger partial charge in [0.15, 0.2) is 11.6 Å². The Kier molecular flexibility index (Phi) is 7.62. The molecule has 41 heavy (non-hydrogen) atoms. The predicted molar refractivity (Wildman–Crippen MR) is 154 cm³/mol. The molecule has 0 saturated carbocycles. The molecule has 0 unspecified atom stereocenters. The maximum atomic E-state index is 13.8. The monoisotopic (exact) mass is 579 g/mol. The molecule has 0 radical (unpaired) electrons. The van der Waals surface area contributed by atoms with E-state index in [2.05, 4.69) is 0 Å². The molecule has 5 rings (SSSR count). The number of hydrogen-bond acceptors (Lipinski definition) is 5. The number of Topliss-reactive ketones (excluding diaryl/α,β-unsaturated/α-hetero) is 2. The molecule has 1 aliphatic heterocycles. The van der Waals surface area contributed by atoms with E-state index in [0.29, 0.717) is 58.7 Å². The third kappa shape index (κ3) is 5.96. The van der Waals surface area contributed by atoms with Crippen LogP contribution >= 0.6 is 11.6 Å². The number of aliphatic carboxylic acids is 1. The second kappa shape index (κ2) is 10.8. The van der Waals surface area contributed by atoms with Crippen LogP contribution in [-0.2, 0) is 21.0 Å². The number of carboxylic acids is 1. The number of carbonyl (C=O) groups is 3. The van der Waals surface area contributed by atoms with Gasteiger partial charge in [-0.15, -0.1) is 0 Å². The van der Waals surface area contributed by atoms with Crippen molar-refractivity contribution in [3.8, 4) is 5.75 Å². The van der Waals surface area contributed by atoms with Gasteiger partial charge in [-0.25, -0.2) is 4.39 Å². The SMILES string of the molecule is CC1(C)CC(=O)C2=C(C1)N(CCC(=O)O)C1=C(C(=O)CC(C)(C)C1)C2c1ccc(OCc2cccc(F)c2)c(Cl)c1. The van der Waals surface area contributed by atoms with Gasteiger partial charge in [-0.2, -0.15) is 0 Å². The molecule has 2 aromatic carbocycles. The van der Waals surface area contributed by atoms with Crippen molar-refractivity contribution < 1.29 is 28.6 Å². The number of ether oxygens (including phenoxy) is 1. The molecule has 2 aliphatic carbocycles. The lowest BCUT2D eigenvalue weighted by Crippen LogP contribution is -2.45. The Hall–Kier alpha value is -3.45. The zero-order valence-electron chi connectivity index (χ0n) is 23.9. The zero-order valence-corrected chi connectivity index (χ0v) is 24.6. The summed E-state index contributed by atoms with van der Waals surface area (Å²) in [5.41, 5.74) is 3.51. The van der Waals surface area contributed by atoms with Crippen molar-refractivity contribution in [1.29, 1.82) is 0 Å². The molecular weight excluding hydrogens is 545 g/mol. The lowest BCUT2D eigenvalue weighted by molar-refractivity contribution is -0.137. The highest BCUT2D eigenvalue weighted by atomic mass is 35.5. The normalized spacial score (nSPS) is 20.2. The molecule has 3 aliphatic rings. The van der Waals surface area contributed by atoms with Crippen LogP contribution in [0, 0.1) is 16.6 Å². The number of ketones is 2. The summed E-state index contributed by atoms with van der Waals surface area (Å²) in [6.07, 6.45) is 1.75. The molecule has 1 N–H and O–H groups in total. The molecule has 0 bridgehead atoms. The first kappa shape index (κ1) is 29.1. The number of nitrogens with zero attached hydrogens (tertiary/aromatic N) is 1. The summed E-state index contributed by atoms with van der Waals surface area (Å²) in [4.78, 5) is 41.3. The summed E-state index contributed by atoms with van der Waals surface area (Å²) in [6.45, 7) is 8.49. The highest BCUT2D eigenvalue weighted by molar-refractivity contribution is 6.32. The molecule has 0 atom stereocenters. The van der Waals surface area contributed by atoms with Gasteiger partial charge in [0.05, 0.1) is 11.4 Å². The molecule has 0 saturated heterocycles. The fraction of sp³-hybridized carbons (Fsp3) is 0.424. The minimum absolute atomic E-state index is 0.0340. The van der Waals surface area contributed by atoms with E-state index < -0.39 is 11.9 Å². The van der Waals surface area contributed by atoms with Gasteiger partial charge in [0.1, 0.15) is 18.2 Å². The molecule has 0 fully saturated rings. The molecule has 0 spiro atoms. The number of allylic oxidation sites excluding steroid dienone is 4. The summed E-state index contributed by atoms with van der Waals surface area (Å²) in [5, 5.41) is 9.85. The Morgan fingerprint density at radius 1 is 0.976 bits per heavy atom. The Balaban J connectivity index is 1.60. The van der Waals surface area contributed by atoms with Crippen molar-refractivity contribution in [3.63, 3.8) is 0 Å². The highest BCUT2D eigenvalue weighted by Crippen LogP contribution is 2.54. The first-order valence-electron chi connectivity index (χ1n) is 13.9. The van der Waals surface area contributed by atoms with Gasteiger partial charge < -0.3 is 14.7 Å². The fourth-order valence-electron chi connectivity index (χ4n) is 6.46. The van der Waals surface area contributed by atoms with Gasteiger partial charge in [-0.3, -0.25) is 14.4 Å². The molecule has 1 heterocycles. The van der Waals surface area contributed by atoms with Gasteiger partial charge in [0, 0.05) is 47.8 Å². The maximum Gasteiger partial charge on any atom is 0.305 e. The van der Waals surface area contributed by atoms with E-state index in [4.69, 9.17) is 16.3 Å². The van der Waals surface area contributed by atoms with Crippen molar-refractivity contribution in [2.24, 2.45) is 10.8 Å². The number of carboxylic acid groups (broad SMARTS) is 1. The number of carbonyl (C=O) groups excluding carboxylic acids is 2. The van der Waals surface area contributed by atoms with Crippen LogP contribution in [0.25, 0.3) is 0 Å². The van der Waals surface area contributed by atoms with Gasteiger partial charge in [-0.1, -0.05) is 57.5 Å². The Bertz CT molecular complexity index is 1450. The molecule has 0 aromatic heterocycles. The summed E-state index contributed by atoms with van der Waals surface area (Å²) in [6, 6.07) is 11.4. The first-order chi connectivity index (χ1) is 19.2. The van der Waals surface area contributed by atoms with Crippen LogP contribution in [0.2, 0.25) is 5.02 Å². The summed E-state index contributed by atoms with van der Waals surface area (Å²) in [5.74, 6) is -1.53. The van der Waals surface area contributed by atoms with E-state index in [-0.39, 0.29) is 47.8 Å². The summed E-state index contributed by atoms with van der Waals surface area (Å²) in [7, 11) is 0. The average Bonchev–Trinajstić information content (AvgIpc) is 2.85. The third-order valence-corrected chi connectivity index (χ3v) is 8.44. The van der Waals surface area contributed by atoms with Crippen molar-refractivity contribution >= 4 is 29.1 Å². The van der Waals surface area contributed by atoms with E-state index in [1.165, 1.54) is 12.1 Å². The zero-order chi connectivity index (χ0) is 29.7. The predicted octanol–water partition coefficient (Wildman–Crippen LogP) is 7.22. The number of halogens is 2. The van der Waals surface area contributed by atoms with E-state index in [1.54, 1.807) is 24.3 Å². The number of rotatable bonds is 7.